The van der Waals surface area contributed by atoms with Gasteiger partial charge in [0.2, 0.25) is 0 Å². The zero-order valence-corrected chi connectivity index (χ0v) is 20.1. The van der Waals surface area contributed by atoms with Gasteiger partial charge in [-0.15, -0.1) is 0 Å². The summed E-state index contributed by atoms with van der Waals surface area (Å²) >= 11 is 0. The molecule has 0 spiro atoms. The SMILES string of the molecule is CC(C)C(C)(C)CC(C)(C)CC(C)(C)[B][B]CC(C)(C)CC(C)(C)C. The highest BCUT2D eigenvalue weighted by Crippen LogP contribution is 2.47. The fourth-order valence-electron chi connectivity index (χ4n) is 5.00. The smallest absolute Gasteiger partial charge is 0.0731 e. The first-order valence-corrected chi connectivity index (χ1v) is 10.4. The van der Waals surface area contributed by atoms with Crippen molar-refractivity contribution in [2.45, 2.75) is 121 Å². The van der Waals surface area contributed by atoms with E-state index in [2.05, 4.69) is 104 Å². The number of hydrogen-bond acceptors (Lipinski definition) is 0. The molecule has 2 heteroatoms. The fourth-order valence-corrected chi connectivity index (χ4v) is 5.00. The summed E-state index contributed by atoms with van der Waals surface area (Å²) in [6.07, 6.45) is 4.96. The van der Waals surface area contributed by atoms with Gasteiger partial charge in [-0.1, -0.05) is 108 Å². The van der Waals surface area contributed by atoms with Gasteiger partial charge in [0, 0.05) is 0 Å². The minimum atomic E-state index is 0.258. The van der Waals surface area contributed by atoms with Crippen molar-refractivity contribution in [3.05, 3.63) is 0 Å². The predicted molar refractivity (Wildman–Crippen MR) is 120 cm³/mol. The summed E-state index contributed by atoms with van der Waals surface area (Å²) in [6.45, 7) is 31.2. The molecule has 0 aromatic heterocycles. The van der Waals surface area contributed by atoms with Crippen LogP contribution in [0.1, 0.15) is 109 Å². The van der Waals surface area contributed by atoms with Gasteiger partial charge in [-0.3, -0.25) is 0 Å². The van der Waals surface area contributed by atoms with Crippen LogP contribution in [0.3, 0.4) is 0 Å². The van der Waals surface area contributed by atoms with Crippen LogP contribution in [0.5, 0.6) is 0 Å². The van der Waals surface area contributed by atoms with Crippen molar-refractivity contribution in [3.63, 3.8) is 0 Å². The Bertz CT molecular complexity index is 395. The monoisotopic (exact) mass is 346 g/mol. The Morgan fingerprint density at radius 2 is 1.12 bits per heavy atom. The second-order valence-electron chi connectivity index (χ2n) is 13.2. The lowest BCUT2D eigenvalue weighted by atomic mass is 9.25. The summed E-state index contributed by atoms with van der Waals surface area (Å²) in [7, 11) is 4.94. The number of hydrogen-bond donors (Lipinski definition) is 0. The minimum absolute atomic E-state index is 0.258. The summed E-state index contributed by atoms with van der Waals surface area (Å²) in [5, 5.41) is 0.258. The van der Waals surface area contributed by atoms with Crippen molar-refractivity contribution in [3.8, 4) is 0 Å². The van der Waals surface area contributed by atoms with Gasteiger partial charge in [-0.05, 0) is 40.4 Å². The van der Waals surface area contributed by atoms with Gasteiger partial charge < -0.3 is 0 Å². The van der Waals surface area contributed by atoms with Crippen LogP contribution < -0.4 is 0 Å². The maximum Gasteiger partial charge on any atom is 0.0731 e. The van der Waals surface area contributed by atoms with E-state index in [9.17, 15) is 0 Å². The van der Waals surface area contributed by atoms with Crippen LogP contribution in [-0.2, 0) is 0 Å². The Kier molecular flexibility index (Phi) is 8.47. The summed E-state index contributed by atoms with van der Waals surface area (Å²) in [5.74, 6) is 0.726. The molecule has 0 aliphatic carbocycles. The molecule has 0 aromatic carbocycles. The van der Waals surface area contributed by atoms with Gasteiger partial charge in [-0.2, -0.15) is 0 Å². The molecular weight excluding hydrogens is 298 g/mol. The van der Waals surface area contributed by atoms with Gasteiger partial charge in [-0.25, -0.2) is 0 Å². The third-order valence-electron chi connectivity index (χ3n) is 5.68. The lowest BCUT2D eigenvalue weighted by Gasteiger charge is -2.42. The molecule has 2 radical (unpaired) electrons. The zero-order chi connectivity index (χ0) is 20.3. The molecule has 0 amide bonds. The molecule has 0 N–H and O–H groups in total. The van der Waals surface area contributed by atoms with Crippen LogP contribution in [0, 0.1) is 27.6 Å². The molecule has 0 rings (SSSR count). The Hall–Kier alpha value is 0.130. The molecular formula is C23H48B2. The third-order valence-corrected chi connectivity index (χ3v) is 5.68. The van der Waals surface area contributed by atoms with E-state index in [-0.39, 0.29) is 5.31 Å². The normalized spacial score (nSPS) is 14.8. The minimum Gasteiger partial charge on any atom is -0.0836 e. The second kappa shape index (κ2) is 8.43. The molecule has 0 fully saturated rings. The van der Waals surface area contributed by atoms with Crippen LogP contribution >= 0.6 is 0 Å². The molecule has 0 aromatic rings. The first-order chi connectivity index (χ1) is 10.8. The van der Waals surface area contributed by atoms with Crippen molar-refractivity contribution in [2.75, 3.05) is 0 Å². The first-order valence-electron chi connectivity index (χ1n) is 10.4. The highest BCUT2D eigenvalue weighted by molar-refractivity contribution is 7.02. The van der Waals surface area contributed by atoms with Crippen molar-refractivity contribution in [1.82, 2.24) is 0 Å². The fraction of sp³-hybridized carbons (Fsp3) is 1.00. The van der Waals surface area contributed by atoms with Crippen LogP contribution in [0.4, 0.5) is 0 Å². The van der Waals surface area contributed by atoms with Crippen LogP contribution in [0.25, 0.3) is 0 Å². The van der Waals surface area contributed by atoms with E-state index in [1.807, 2.05) is 0 Å². The topological polar surface area (TPSA) is 0 Å². The Morgan fingerprint density at radius 3 is 1.52 bits per heavy atom. The van der Waals surface area contributed by atoms with E-state index in [0.29, 0.717) is 21.7 Å². The maximum atomic E-state index is 2.49. The molecule has 0 atom stereocenters. The van der Waals surface area contributed by atoms with Gasteiger partial charge in [0.25, 0.3) is 0 Å². The van der Waals surface area contributed by atoms with Crippen LogP contribution in [0.2, 0.25) is 11.6 Å². The molecule has 0 heterocycles. The quantitative estimate of drug-likeness (QED) is 0.353. The molecule has 25 heavy (non-hydrogen) atoms. The lowest BCUT2D eigenvalue weighted by molar-refractivity contribution is 0.124. The maximum absolute atomic E-state index is 2.49. The zero-order valence-electron chi connectivity index (χ0n) is 20.1. The van der Waals surface area contributed by atoms with Crippen molar-refractivity contribution in [1.29, 1.82) is 0 Å². The highest BCUT2D eigenvalue weighted by atomic mass is 14.4. The van der Waals surface area contributed by atoms with E-state index >= 15 is 0 Å². The van der Waals surface area contributed by atoms with Gasteiger partial charge in [0.15, 0.2) is 0 Å². The molecule has 0 bridgehead atoms. The molecule has 0 aliphatic rings. The molecule has 0 aliphatic heterocycles. The van der Waals surface area contributed by atoms with Crippen molar-refractivity contribution >= 4 is 14.3 Å². The van der Waals surface area contributed by atoms with E-state index in [0.717, 1.165) is 5.92 Å². The standard InChI is InChI=1S/C23H48B2/c1-18(2)22(10,11)15-20(6,7)16-23(12,13)25-24-17-21(8,9)14-19(3,4)5/h18H,14-17H2,1-13H3. The van der Waals surface area contributed by atoms with Crippen LogP contribution in [0.15, 0.2) is 0 Å². The summed E-state index contributed by atoms with van der Waals surface area (Å²) in [4.78, 5) is 0. The van der Waals surface area contributed by atoms with Gasteiger partial charge in [0.1, 0.15) is 0 Å². The second-order valence-corrected chi connectivity index (χ2v) is 13.2. The molecule has 0 saturated heterocycles. The van der Waals surface area contributed by atoms with E-state index < -0.39 is 0 Å². The third kappa shape index (κ3) is 11.4. The molecule has 146 valence electrons. The average Bonchev–Trinajstić information content (AvgIpc) is 2.19. The highest BCUT2D eigenvalue weighted by Gasteiger charge is 2.35. The molecule has 0 unspecified atom stereocenters. The van der Waals surface area contributed by atoms with E-state index in [4.69, 9.17) is 0 Å². The first kappa shape index (κ1) is 25.1. The van der Waals surface area contributed by atoms with E-state index in [1.54, 1.807) is 0 Å². The predicted octanol–water partition coefficient (Wildman–Crippen LogP) is 7.88. The van der Waals surface area contributed by atoms with Gasteiger partial charge in [0.05, 0.1) is 14.3 Å². The Labute approximate surface area is 163 Å². The van der Waals surface area contributed by atoms with Crippen molar-refractivity contribution < 1.29 is 0 Å². The molecule has 0 nitrogen and oxygen atoms in total. The Morgan fingerprint density at radius 1 is 0.640 bits per heavy atom. The summed E-state index contributed by atoms with van der Waals surface area (Å²) < 4.78 is 0. The Balaban J connectivity index is 4.63. The number of rotatable bonds is 10. The lowest BCUT2D eigenvalue weighted by Crippen LogP contribution is -2.33. The largest absolute Gasteiger partial charge is 0.0836 e. The summed E-state index contributed by atoms with van der Waals surface area (Å²) in [5.41, 5.74) is 1.54. The van der Waals surface area contributed by atoms with Gasteiger partial charge >= 0.3 is 0 Å². The summed E-state index contributed by atoms with van der Waals surface area (Å²) in [6, 6.07) is 0. The molecule has 0 saturated carbocycles. The average molecular weight is 346 g/mol. The van der Waals surface area contributed by atoms with Crippen molar-refractivity contribution in [2.24, 2.45) is 27.6 Å². The van der Waals surface area contributed by atoms with E-state index in [1.165, 1.54) is 25.6 Å². The van der Waals surface area contributed by atoms with Crippen LogP contribution in [-0.4, -0.2) is 14.3 Å².